The first-order chi connectivity index (χ1) is 8.56. The number of anilines is 1. The van der Waals surface area contributed by atoms with Crippen molar-refractivity contribution >= 4 is 11.4 Å². The molecule has 2 atom stereocenters. The van der Waals surface area contributed by atoms with E-state index < -0.39 is 0 Å². The first-order valence-corrected chi connectivity index (χ1v) is 6.56. The number of rotatable bonds is 3. The number of para-hydroxylation sites is 2. The third kappa shape index (κ3) is 3.00. The molecule has 4 heteroatoms. The lowest BCUT2D eigenvalue weighted by Crippen LogP contribution is -2.30. The number of benzene rings is 1. The second-order valence-electron chi connectivity index (χ2n) is 5.53. The van der Waals surface area contributed by atoms with E-state index in [1.54, 1.807) is 18.2 Å². The van der Waals surface area contributed by atoms with Gasteiger partial charge in [0.2, 0.25) is 0 Å². The predicted molar refractivity (Wildman–Crippen MR) is 72.7 cm³/mol. The van der Waals surface area contributed by atoms with E-state index in [0.717, 1.165) is 12.8 Å². The van der Waals surface area contributed by atoms with Crippen LogP contribution in [0.25, 0.3) is 0 Å². The molecule has 1 fully saturated rings. The minimum absolute atomic E-state index is 0.170. The van der Waals surface area contributed by atoms with Crippen LogP contribution in [0, 0.1) is 22.0 Å². The van der Waals surface area contributed by atoms with Crippen molar-refractivity contribution in [2.24, 2.45) is 11.8 Å². The SMILES string of the molecule is CC1CC(C)CC(Nc2ccccc2[N+](=O)[O-])C1. The van der Waals surface area contributed by atoms with E-state index in [0.29, 0.717) is 23.6 Å². The Balaban J connectivity index is 2.11. The van der Waals surface area contributed by atoms with Crippen LogP contribution in [-0.4, -0.2) is 11.0 Å². The van der Waals surface area contributed by atoms with Gasteiger partial charge in [0.05, 0.1) is 4.92 Å². The fourth-order valence-electron chi connectivity index (χ4n) is 3.04. The summed E-state index contributed by atoms with van der Waals surface area (Å²) in [4.78, 5) is 10.6. The Labute approximate surface area is 108 Å². The van der Waals surface area contributed by atoms with Crippen LogP contribution < -0.4 is 5.32 Å². The number of nitro groups is 1. The summed E-state index contributed by atoms with van der Waals surface area (Å²) in [7, 11) is 0. The van der Waals surface area contributed by atoms with Crippen LogP contribution in [0.5, 0.6) is 0 Å². The molecule has 0 aromatic heterocycles. The monoisotopic (exact) mass is 248 g/mol. The van der Waals surface area contributed by atoms with Gasteiger partial charge in [-0.05, 0) is 37.2 Å². The molecule has 1 aromatic carbocycles. The number of nitrogens with zero attached hydrogens (tertiary/aromatic N) is 1. The van der Waals surface area contributed by atoms with Crippen molar-refractivity contribution in [3.8, 4) is 0 Å². The molecule has 18 heavy (non-hydrogen) atoms. The molecule has 98 valence electrons. The summed E-state index contributed by atoms with van der Waals surface area (Å²) in [5.41, 5.74) is 0.817. The van der Waals surface area contributed by atoms with Gasteiger partial charge in [-0.1, -0.05) is 26.0 Å². The molecular formula is C14H20N2O2. The summed E-state index contributed by atoms with van der Waals surface area (Å²) in [6, 6.07) is 7.24. The van der Waals surface area contributed by atoms with Crippen molar-refractivity contribution in [1.29, 1.82) is 0 Å². The first-order valence-electron chi connectivity index (χ1n) is 6.56. The molecule has 1 N–H and O–H groups in total. The lowest BCUT2D eigenvalue weighted by molar-refractivity contribution is -0.384. The highest BCUT2D eigenvalue weighted by Crippen LogP contribution is 2.32. The third-order valence-electron chi connectivity index (χ3n) is 3.64. The smallest absolute Gasteiger partial charge is 0.292 e. The normalized spacial score (nSPS) is 27.8. The van der Waals surface area contributed by atoms with Gasteiger partial charge < -0.3 is 5.32 Å². The summed E-state index contributed by atoms with van der Waals surface area (Å²) in [5.74, 6) is 1.38. The summed E-state index contributed by atoms with van der Waals surface area (Å²) in [5, 5.41) is 14.3. The van der Waals surface area contributed by atoms with E-state index in [2.05, 4.69) is 19.2 Å². The molecule has 0 bridgehead atoms. The van der Waals surface area contributed by atoms with Gasteiger partial charge in [0.1, 0.15) is 5.69 Å². The van der Waals surface area contributed by atoms with Crippen LogP contribution in [-0.2, 0) is 0 Å². The molecular weight excluding hydrogens is 228 g/mol. The number of nitro benzene ring substituents is 1. The Hall–Kier alpha value is -1.58. The Morgan fingerprint density at radius 2 is 1.78 bits per heavy atom. The second-order valence-corrected chi connectivity index (χ2v) is 5.53. The van der Waals surface area contributed by atoms with E-state index in [4.69, 9.17) is 0 Å². The van der Waals surface area contributed by atoms with E-state index in [9.17, 15) is 10.1 Å². The summed E-state index contributed by atoms with van der Waals surface area (Å²) >= 11 is 0. The molecule has 0 aliphatic heterocycles. The van der Waals surface area contributed by atoms with Crippen molar-refractivity contribution in [3.63, 3.8) is 0 Å². The van der Waals surface area contributed by atoms with Crippen LogP contribution in [0.2, 0.25) is 0 Å². The molecule has 2 unspecified atom stereocenters. The van der Waals surface area contributed by atoms with Crippen LogP contribution in [0.4, 0.5) is 11.4 Å². The average molecular weight is 248 g/mol. The largest absolute Gasteiger partial charge is 0.377 e. The highest BCUT2D eigenvalue weighted by molar-refractivity contribution is 5.61. The lowest BCUT2D eigenvalue weighted by Gasteiger charge is -2.32. The maximum Gasteiger partial charge on any atom is 0.292 e. The molecule has 0 radical (unpaired) electrons. The molecule has 0 spiro atoms. The number of nitrogens with one attached hydrogen (secondary N) is 1. The zero-order valence-electron chi connectivity index (χ0n) is 10.9. The van der Waals surface area contributed by atoms with Crippen molar-refractivity contribution in [1.82, 2.24) is 0 Å². The van der Waals surface area contributed by atoms with Gasteiger partial charge in [-0.2, -0.15) is 0 Å². The van der Waals surface area contributed by atoms with Crippen molar-refractivity contribution in [2.45, 2.75) is 39.2 Å². The summed E-state index contributed by atoms with van der Waals surface area (Å²) < 4.78 is 0. The van der Waals surface area contributed by atoms with Gasteiger partial charge in [0.15, 0.2) is 0 Å². The van der Waals surface area contributed by atoms with Gasteiger partial charge >= 0.3 is 0 Å². The highest BCUT2D eigenvalue weighted by Gasteiger charge is 2.25. The summed E-state index contributed by atoms with van der Waals surface area (Å²) in [6.45, 7) is 4.51. The molecule has 1 aliphatic carbocycles. The highest BCUT2D eigenvalue weighted by atomic mass is 16.6. The molecule has 1 aliphatic rings. The predicted octanol–water partition coefficient (Wildman–Crippen LogP) is 3.83. The zero-order valence-corrected chi connectivity index (χ0v) is 10.9. The van der Waals surface area contributed by atoms with Gasteiger partial charge in [-0.3, -0.25) is 10.1 Å². The van der Waals surface area contributed by atoms with Crippen LogP contribution >= 0.6 is 0 Å². The maximum absolute atomic E-state index is 11.0. The maximum atomic E-state index is 11.0. The fourth-order valence-corrected chi connectivity index (χ4v) is 3.04. The van der Waals surface area contributed by atoms with Crippen LogP contribution in [0.15, 0.2) is 24.3 Å². The topological polar surface area (TPSA) is 55.2 Å². The molecule has 0 saturated heterocycles. The van der Waals surface area contributed by atoms with E-state index in [1.807, 2.05) is 6.07 Å². The quantitative estimate of drug-likeness (QED) is 0.653. The lowest BCUT2D eigenvalue weighted by atomic mass is 9.80. The number of hydrogen-bond acceptors (Lipinski definition) is 3. The minimum Gasteiger partial charge on any atom is -0.377 e. The molecule has 1 saturated carbocycles. The standard InChI is InChI=1S/C14H20N2O2/c1-10-7-11(2)9-12(8-10)15-13-5-3-4-6-14(13)16(17)18/h3-6,10-12,15H,7-9H2,1-2H3. The summed E-state index contributed by atoms with van der Waals surface area (Å²) in [6.07, 6.45) is 3.45. The van der Waals surface area contributed by atoms with Crippen molar-refractivity contribution in [2.75, 3.05) is 5.32 Å². The Bertz CT molecular complexity index is 424. The molecule has 0 amide bonds. The van der Waals surface area contributed by atoms with Gasteiger partial charge in [0, 0.05) is 12.1 Å². The molecule has 2 rings (SSSR count). The first kappa shape index (κ1) is 12.9. The molecule has 1 aromatic rings. The van der Waals surface area contributed by atoms with Gasteiger partial charge in [-0.25, -0.2) is 0 Å². The minimum atomic E-state index is -0.321. The van der Waals surface area contributed by atoms with Crippen LogP contribution in [0.1, 0.15) is 33.1 Å². The van der Waals surface area contributed by atoms with E-state index in [1.165, 1.54) is 6.42 Å². The van der Waals surface area contributed by atoms with Crippen molar-refractivity contribution in [3.05, 3.63) is 34.4 Å². The Kier molecular flexibility index (Phi) is 3.84. The van der Waals surface area contributed by atoms with E-state index >= 15 is 0 Å². The Morgan fingerprint density at radius 1 is 1.17 bits per heavy atom. The zero-order chi connectivity index (χ0) is 13.1. The van der Waals surface area contributed by atoms with Gasteiger partial charge in [-0.15, -0.1) is 0 Å². The Morgan fingerprint density at radius 3 is 2.39 bits per heavy atom. The number of hydrogen-bond donors (Lipinski definition) is 1. The molecule has 4 nitrogen and oxygen atoms in total. The van der Waals surface area contributed by atoms with Gasteiger partial charge in [0.25, 0.3) is 5.69 Å². The van der Waals surface area contributed by atoms with Crippen LogP contribution in [0.3, 0.4) is 0 Å². The second kappa shape index (κ2) is 5.38. The third-order valence-corrected chi connectivity index (χ3v) is 3.64. The van der Waals surface area contributed by atoms with E-state index in [-0.39, 0.29) is 10.6 Å². The molecule has 0 heterocycles. The fraction of sp³-hybridized carbons (Fsp3) is 0.571. The van der Waals surface area contributed by atoms with Crippen molar-refractivity contribution < 1.29 is 4.92 Å². The average Bonchev–Trinajstić information content (AvgIpc) is 2.27.